The van der Waals surface area contributed by atoms with Crippen LogP contribution in [-0.4, -0.2) is 83.5 Å². The summed E-state index contributed by atoms with van der Waals surface area (Å²) in [6.45, 7) is 2.45. The number of quaternary nitrogens is 1. The summed E-state index contributed by atoms with van der Waals surface area (Å²) in [5.41, 5.74) is 0. The minimum absolute atomic E-state index is 0.00758. The summed E-state index contributed by atoms with van der Waals surface area (Å²) in [5, 5.41) is 29.8. The molecule has 37 heavy (non-hydrogen) atoms. The van der Waals surface area contributed by atoms with E-state index in [9.17, 15) is 24.6 Å². The quantitative estimate of drug-likeness (QED) is 0.152. The van der Waals surface area contributed by atoms with E-state index in [1.165, 1.54) is 0 Å². The number of carboxylic acids is 1. The number of aliphatic hydroxyl groups excluding tert-OH is 2. The van der Waals surface area contributed by atoms with Gasteiger partial charge in [-0.15, -0.1) is 0 Å². The second-order valence-corrected chi connectivity index (χ2v) is 10.6. The van der Waals surface area contributed by atoms with E-state index in [1.54, 1.807) is 12.2 Å². The zero-order valence-corrected chi connectivity index (χ0v) is 22.8. The van der Waals surface area contributed by atoms with Crippen molar-refractivity contribution in [2.24, 2.45) is 11.8 Å². The number of carbonyl (C=O) groups is 3. The van der Waals surface area contributed by atoms with Crippen LogP contribution in [0.4, 0.5) is 0 Å². The first-order valence-corrected chi connectivity index (χ1v) is 13.2. The summed E-state index contributed by atoms with van der Waals surface area (Å²) in [4.78, 5) is 36.0. The van der Waals surface area contributed by atoms with Crippen molar-refractivity contribution < 1.29 is 38.9 Å². The number of carbonyl (C=O) groups excluding carboxylic acids is 2. The highest BCUT2D eigenvalue weighted by atomic mass is 16.5. The van der Waals surface area contributed by atoms with Gasteiger partial charge in [0.2, 0.25) is 0 Å². The fraction of sp³-hybridized carbons (Fsp3) is 0.621. The van der Waals surface area contributed by atoms with Crippen LogP contribution in [0.2, 0.25) is 0 Å². The largest absolute Gasteiger partial charge is 0.481 e. The molecule has 1 rings (SSSR count). The fourth-order valence-corrected chi connectivity index (χ4v) is 4.34. The third kappa shape index (κ3) is 14.7. The Morgan fingerprint density at radius 2 is 1.70 bits per heavy atom. The minimum Gasteiger partial charge on any atom is -0.481 e. The molecule has 3 N–H and O–H groups in total. The third-order valence-corrected chi connectivity index (χ3v) is 6.06. The van der Waals surface area contributed by atoms with Gasteiger partial charge in [-0.1, -0.05) is 55.5 Å². The van der Waals surface area contributed by atoms with Gasteiger partial charge in [-0.25, -0.2) is 0 Å². The molecule has 208 valence electrons. The van der Waals surface area contributed by atoms with Gasteiger partial charge in [0.15, 0.2) is 6.10 Å². The summed E-state index contributed by atoms with van der Waals surface area (Å²) in [6.07, 6.45) is 16.2. The zero-order valence-electron chi connectivity index (χ0n) is 22.8. The topological polar surface area (TPSA) is 121 Å². The van der Waals surface area contributed by atoms with Crippen molar-refractivity contribution in [2.75, 3.05) is 27.7 Å². The number of esters is 1. The van der Waals surface area contributed by atoms with Gasteiger partial charge >= 0.3 is 11.9 Å². The second kappa shape index (κ2) is 17.1. The lowest BCUT2D eigenvalue weighted by Gasteiger charge is -2.28. The van der Waals surface area contributed by atoms with Gasteiger partial charge in [-0.05, 0) is 32.1 Å². The van der Waals surface area contributed by atoms with Crippen LogP contribution < -0.4 is 0 Å². The highest BCUT2D eigenvalue weighted by molar-refractivity contribution is 5.85. The van der Waals surface area contributed by atoms with Gasteiger partial charge in [-0.2, -0.15) is 0 Å². The number of nitrogens with zero attached hydrogens (tertiary/aromatic N) is 1. The van der Waals surface area contributed by atoms with Crippen molar-refractivity contribution in [1.82, 2.24) is 0 Å². The summed E-state index contributed by atoms with van der Waals surface area (Å²) >= 11 is 0. The molecule has 0 bridgehead atoms. The van der Waals surface area contributed by atoms with E-state index in [2.05, 4.69) is 31.2 Å². The molecule has 1 fully saturated rings. The van der Waals surface area contributed by atoms with Gasteiger partial charge in [-0.3, -0.25) is 14.4 Å². The molecule has 0 heterocycles. The van der Waals surface area contributed by atoms with E-state index >= 15 is 0 Å². The number of Topliss-reactive ketones (excluding diaryl/α,β-unsaturated/α-hetero) is 1. The normalized spacial score (nSPS) is 22.5. The lowest BCUT2D eigenvalue weighted by atomic mass is 9.89. The van der Waals surface area contributed by atoms with Crippen molar-refractivity contribution in [1.29, 1.82) is 0 Å². The van der Waals surface area contributed by atoms with E-state index in [-0.39, 0.29) is 31.5 Å². The van der Waals surface area contributed by atoms with Gasteiger partial charge in [0.25, 0.3) is 0 Å². The van der Waals surface area contributed by atoms with Crippen LogP contribution in [0.5, 0.6) is 0 Å². The summed E-state index contributed by atoms with van der Waals surface area (Å²) in [5.74, 6) is -2.77. The Labute approximate surface area is 221 Å². The van der Waals surface area contributed by atoms with E-state index in [4.69, 9.17) is 9.84 Å². The molecule has 0 saturated heterocycles. The van der Waals surface area contributed by atoms with E-state index in [0.717, 1.165) is 19.3 Å². The Morgan fingerprint density at radius 1 is 1.08 bits per heavy atom. The van der Waals surface area contributed by atoms with Crippen LogP contribution in [-0.2, 0) is 19.1 Å². The zero-order chi connectivity index (χ0) is 27.8. The highest BCUT2D eigenvalue weighted by Crippen LogP contribution is 2.34. The van der Waals surface area contributed by atoms with Gasteiger partial charge in [0.05, 0.1) is 39.8 Å². The predicted molar refractivity (Wildman–Crippen MR) is 144 cm³/mol. The Morgan fingerprint density at radius 3 is 2.30 bits per heavy atom. The molecule has 5 unspecified atom stereocenters. The summed E-state index contributed by atoms with van der Waals surface area (Å²) in [6, 6.07) is 0. The molecule has 8 nitrogen and oxygen atoms in total. The number of aliphatic hydroxyl groups is 2. The Kier molecular flexibility index (Phi) is 15.0. The number of rotatable bonds is 17. The number of hydrogen-bond donors (Lipinski definition) is 3. The molecule has 0 aliphatic heterocycles. The monoisotopic (exact) mass is 520 g/mol. The standard InChI is InChI=1S/C29H45NO7/c1-5-6-7-8-9-10-11-12-13-14-22(31)15-16-24-25(27(33)20-26(24)32)17-18-29(36)37-23(19-28(34)35)21-30(2,3)4/h6-7,9-10,12-13,15-16,22-26,31-32H,5,8,11,14,17-21H2,1-4H3/p+1/b7-6+,10-9+,13-12+,16-15+. The number of carboxylic acid groups (broad SMARTS) is 1. The molecule has 8 heteroatoms. The van der Waals surface area contributed by atoms with Crippen molar-refractivity contribution >= 4 is 17.7 Å². The minimum atomic E-state index is -1.05. The number of allylic oxidation sites excluding steroid dienone is 5. The molecule has 0 aromatic carbocycles. The van der Waals surface area contributed by atoms with Gasteiger partial charge in [0, 0.05) is 24.7 Å². The Bertz CT molecular complexity index is 838. The second-order valence-electron chi connectivity index (χ2n) is 10.6. The number of ketones is 1. The van der Waals surface area contributed by atoms with E-state index in [1.807, 2.05) is 33.3 Å². The van der Waals surface area contributed by atoms with Crippen LogP contribution in [0, 0.1) is 11.8 Å². The predicted octanol–water partition coefficient (Wildman–Crippen LogP) is 3.59. The van der Waals surface area contributed by atoms with Crippen LogP contribution in [0.15, 0.2) is 48.6 Å². The Hall–Kier alpha value is -2.55. The first kappa shape index (κ1) is 32.5. The number of ether oxygens (including phenoxy) is 1. The SMILES string of the molecule is CC/C=C/C/C=C/C/C=C/CC(O)/C=C/C1C(O)CC(=O)C1CCC(=O)OC(CC(=O)O)C[N+](C)(C)C. The molecular formula is C29H46NO7+. The van der Waals surface area contributed by atoms with Crippen molar-refractivity contribution in [3.8, 4) is 0 Å². The molecule has 1 aliphatic rings. The van der Waals surface area contributed by atoms with Crippen LogP contribution in [0.3, 0.4) is 0 Å². The maximum Gasteiger partial charge on any atom is 0.307 e. The molecule has 0 amide bonds. The summed E-state index contributed by atoms with van der Waals surface area (Å²) in [7, 11) is 5.65. The maximum absolute atomic E-state index is 12.5. The molecule has 0 aromatic heterocycles. The average Bonchev–Trinajstić information content (AvgIpc) is 3.05. The lowest BCUT2D eigenvalue weighted by molar-refractivity contribution is -0.873. The molecule has 0 aromatic rings. The average molecular weight is 521 g/mol. The van der Waals surface area contributed by atoms with E-state index < -0.39 is 42.1 Å². The van der Waals surface area contributed by atoms with Crippen molar-refractivity contribution in [2.45, 2.75) is 76.6 Å². The third-order valence-electron chi connectivity index (χ3n) is 6.06. The maximum atomic E-state index is 12.5. The van der Waals surface area contributed by atoms with Gasteiger partial charge < -0.3 is 24.5 Å². The molecule has 0 spiro atoms. The van der Waals surface area contributed by atoms with Crippen molar-refractivity contribution in [3.05, 3.63) is 48.6 Å². The number of likely N-dealkylation sites (N-methyl/N-ethyl adjacent to an activating group) is 1. The fourth-order valence-electron chi connectivity index (χ4n) is 4.34. The smallest absolute Gasteiger partial charge is 0.307 e. The first-order chi connectivity index (χ1) is 17.4. The molecule has 5 atom stereocenters. The number of hydrogen-bond acceptors (Lipinski definition) is 6. The van der Waals surface area contributed by atoms with E-state index in [0.29, 0.717) is 17.4 Å². The van der Waals surface area contributed by atoms with Crippen LogP contribution in [0.25, 0.3) is 0 Å². The molecular weight excluding hydrogens is 474 g/mol. The molecule has 0 radical (unpaired) electrons. The Balaban J connectivity index is 2.58. The van der Waals surface area contributed by atoms with Gasteiger partial charge in [0.1, 0.15) is 12.3 Å². The molecule has 1 saturated carbocycles. The van der Waals surface area contributed by atoms with Crippen molar-refractivity contribution in [3.63, 3.8) is 0 Å². The highest BCUT2D eigenvalue weighted by Gasteiger charge is 2.40. The first-order valence-electron chi connectivity index (χ1n) is 13.2. The lowest BCUT2D eigenvalue weighted by Crippen LogP contribution is -2.43. The van der Waals surface area contributed by atoms with Crippen LogP contribution >= 0.6 is 0 Å². The van der Waals surface area contributed by atoms with Crippen LogP contribution in [0.1, 0.15) is 58.3 Å². The summed E-state index contributed by atoms with van der Waals surface area (Å²) < 4.78 is 5.85. The number of aliphatic carboxylic acids is 1. The molecule has 1 aliphatic carbocycles.